The smallest absolute Gasteiger partial charge is 0.410 e. The monoisotopic (exact) mass is 576 g/mol. The van der Waals surface area contributed by atoms with E-state index in [4.69, 9.17) is 4.74 Å². The zero-order valence-electron chi connectivity index (χ0n) is 24.0. The van der Waals surface area contributed by atoms with Crippen LogP contribution in [0.1, 0.15) is 49.7 Å². The van der Waals surface area contributed by atoms with Crippen LogP contribution in [0.25, 0.3) is 0 Å². The molecule has 10 nitrogen and oxygen atoms in total. The Balaban J connectivity index is 1.24. The molecule has 2 aliphatic heterocycles. The first kappa shape index (κ1) is 29.7. The zero-order valence-corrected chi connectivity index (χ0v) is 24.0. The summed E-state index contributed by atoms with van der Waals surface area (Å²) in [5.41, 5.74) is 0.298. The van der Waals surface area contributed by atoms with Crippen LogP contribution in [-0.4, -0.2) is 81.5 Å². The predicted octanol–water partition coefficient (Wildman–Crippen LogP) is 4.47. The highest BCUT2D eigenvalue weighted by molar-refractivity contribution is 5.79. The van der Waals surface area contributed by atoms with Crippen LogP contribution in [0, 0.1) is 16.0 Å². The van der Waals surface area contributed by atoms with Crippen LogP contribution in [0.15, 0.2) is 67.3 Å². The molecule has 10 heteroatoms. The average Bonchev–Trinajstić information content (AvgIpc) is 3.68. The number of nitrogens with zero attached hydrogens (tertiary/aromatic N) is 4. The maximum Gasteiger partial charge on any atom is 0.410 e. The first-order valence-electron chi connectivity index (χ1n) is 14.9. The second-order valence-electron chi connectivity index (χ2n) is 11.7. The Kier molecular flexibility index (Phi) is 9.23. The summed E-state index contributed by atoms with van der Waals surface area (Å²) < 4.78 is 5.57. The number of likely N-dealkylation sites (tertiary alicyclic amines) is 2. The number of nitro groups is 1. The van der Waals surface area contributed by atoms with Crippen LogP contribution in [0.3, 0.4) is 0 Å². The summed E-state index contributed by atoms with van der Waals surface area (Å²) in [6, 6.07) is 15.3. The number of carbonyl (C=O) groups is 2. The number of benzene rings is 2. The van der Waals surface area contributed by atoms with Gasteiger partial charge < -0.3 is 19.6 Å². The molecule has 2 aromatic rings. The van der Waals surface area contributed by atoms with Gasteiger partial charge in [-0.1, -0.05) is 49.2 Å². The number of ether oxygens (including phenoxy) is 1. The lowest BCUT2D eigenvalue weighted by molar-refractivity contribution is -0.384. The molecule has 3 aliphatic rings. The normalized spacial score (nSPS) is 23.5. The van der Waals surface area contributed by atoms with Gasteiger partial charge in [-0.2, -0.15) is 0 Å². The van der Waals surface area contributed by atoms with Crippen molar-refractivity contribution in [2.75, 3.05) is 32.7 Å². The minimum atomic E-state index is -1.17. The Morgan fingerprint density at radius 2 is 1.74 bits per heavy atom. The second-order valence-corrected chi connectivity index (χ2v) is 11.7. The molecular weight excluding hydrogens is 536 g/mol. The van der Waals surface area contributed by atoms with E-state index >= 15 is 0 Å². The van der Waals surface area contributed by atoms with Gasteiger partial charge in [0.15, 0.2) is 0 Å². The number of non-ortho nitro benzene ring substituents is 1. The molecule has 2 heterocycles. The van der Waals surface area contributed by atoms with E-state index in [0.29, 0.717) is 44.6 Å². The summed E-state index contributed by atoms with van der Waals surface area (Å²) in [6.07, 6.45) is 6.63. The molecule has 3 fully saturated rings. The van der Waals surface area contributed by atoms with Gasteiger partial charge in [0.2, 0.25) is 5.91 Å². The third-order valence-corrected chi connectivity index (χ3v) is 9.12. The highest BCUT2D eigenvalue weighted by atomic mass is 16.6. The molecule has 0 radical (unpaired) electrons. The fourth-order valence-electron chi connectivity index (χ4n) is 6.81. The summed E-state index contributed by atoms with van der Waals surface area (Å²) in [7, 11) is 0. The van der Waals surface area contributed by atoms with Crippen LogP contribution >= 0.6 is 0 Å². The van der Waals surface area contributed by atoms with E-state index in [2.05, 4.69) is 11.5 Å². The predicted molar refractivity (Wildman–Crippen MR) is 157 cm³/mol. The van der Waals surface area contributed by atoms with Crippen molar-refractivity contribution in [1.29, 1.82) is 0 Å². The van der Waals surface area contributed by atoms with Crippen molar-refractivity contribution in [3.63, 3.8) is 0 Å². The van der Waals surface area contributed by atoms with E-state index in [0.717, 1.165) is 31.2 Å². The van der Waals surface area contributed by atoms with Crippen LogP contribution in [-0.2, 0) is 21.7 Å². The van der Waals surface area contributed by atoms with Gasteiger partial charge in [0.05, 0.1) is 17.5 Å². The quantitative estimate of drug-likeness (QED) is 0.266. The fourth-order valence-corrected chi connectivity index (χ4v) is 6.81. The molecule has 2 aromatic carbocycles. The molecule has 1 aliphatic carbocycles. The second kappa shape index (κ2) is 13.0. The number of nitro benzene ring substituents is 1. The third-order valence-electron chi connectivity index (χ3n) is 9.12. The maximum absolute atomic E-state index is 13.4. The molecule has 2 amide bonds. The molecule has 1 N–H and O–H groups in total. The number of β-amino-alcohol motifs (C(OH)–C–C–N with tert-alkyl or cyclic N) is 1. The number of carbonyl (C=O) groups excluding carboxylic acids is 2. The standard InChI is InChI=1S/C32H40N4O6/c1-2-18-35(31(38)42-22-24-12-14-28(15-13-24)36(40)41)27-16-19-33(20-17-27)29-21-34(30(37)25-8-6-7-9-25)23-32(29,39)26-10-4-3-5-11-26/h2-5,10-15,25,27,29,39H,1,6-9,16-23H2/t29-,32-/m0/s1. The van der Waals surface area contributed by atoms with Crippen molar-refractivity contribution in [3.05, 3.63) is 88.5 Å². The van der Waals surface area contributed by atoms with E-state index in [1.165, 1.54) is 12.1 Å². The van der Waals surface area contributed by atoms with Gasteiger partial charge in [0.25, 0.3) is 5.69 Å². The summed E-state index contributed by atoms with van der Waals surface area (Å²) in [5, 5.41) is 23.0. The topological polar surface area (TPSA) is 116 Å². The largest absolute Gasteiger partial charge is 0.445 e. The zero-order chi connectivity index (χ0) is 29.7. The van der Waals surface area contributed by atoms with Crippen molar-refractivity contribution in [2.45, 2.75) is 62.8 Å². The van der Waals surface area contributed by atoms with Crippen molar-refractivity contribution in [1.82, 2.24) is 14.7 Å². The van der Waals surface area contributed by atoms with Crippen molar-refractivity contribution >= 4 is 17.7 Å². The fraction of sp³-hybridized carbons (Fsp3) is 0.500. The number of hydrogen-bond donors (Lipinski definition) is 1. The van der Waals surface area contributed by atoms with Gasteiger partial charge in [0, 0.05) is 50.3 Å². The minimum absolute atomic E-state index is 0.0142. The van der Waals surface area contributed by atoms with E-state index < -0.39 is 16.6 Å². The summed E-state index contributed by atoms with van der Waals surface area (Å²) in [6.45, 7) is 6.27. The lowest BCUT2D eigenvalue weighted by Crippen LogP contribution is -2.55. The molecule has 5 rings (SSSR count). The minimum Gasteiger partial charge on any atom is -0.445 e. The first-order chi connectivity index (χ1) is 20.3. The van der Waals surface area contributed by atoms with Gasteiger partial charge in [-0.3, -0.25) is 19.8 Å². The number of aliphatic hydroxyl groups is 1. The van der Waals surface area contributed by atoms with E-state index in [1.54, 1.807) is 23.1 Å². The van der Waals surface area contributed by atoms with Crippen molar-refractivity contribution < 1.29 is 24.4 Å². The van der Waals surface area contributed by atoms with E-state index in [1.807, 2.05) is 35.2 Å². The first-order valence-corrected chi connectivity index (χ1v) is 14.9. The number of rotatable bonds is 9. The molecule has 1 saturated carbocycles. The molecule has 2 saturated heterocycles. The van der Waals surface area contributed by atoms with Crippen LogP contribution < -0.4 is 0 Å². The molecule has 2 atom stereocenters. The number of amides is 2. The Morgan fingerprint density at radius 3 is 2.36 bits per heavy atom. The van der Waals surface area contributed by atoms with Gasteiger partial charge in [-0.15, -0.1) is 6.58 Å². The average molecular weight is 577 g/mol. The van der Waals surface area contributed by atoms with Gasteiger partial charge in [-0.25, -0.2) is 4.79 Å². The Hall–Kier alpha value is -3.76. The van der Waals surface area contributed by atoms with Gasteiger partial charge >= 0.3 is 6.09 Å². The van der Waals surface area contributed by atoms with Gasteiger partial charge in [0.1, 0.15) is 12.2 Å². The van der Waals surface area contributed by atoms with Crippen molar-refractivity contribution in [2.24, 2.45) is 5.92 Å². The molecular formula is C32H40N4O6. The highest BCUT2D eigenvalue weighted by Crippen LogP contribution is 2.39. The lowest BCUT2D eigenvalue weighted by atomic mass is 9.86. The Labute approximate surface area is 246 Å². The summed E-state index contributed by atoms with van der Waals surface area (Å²) in [5.74, 6) is 0.214. The Morgan fingerprint density at radius 1 is 1.07 bits per heavy atom. The highest BCUT2D eigenvalue weighted by Gasteiger charge is 2.51. The van der Waals surface area contributed by atoms with E-state index in [-0.39, 0.29) is 42.7 Å². The summed E-state index contributed by atoms with van der Waals surface area (Å²) in [4.78, 5) is 42.8. The lowest BCUT2D eigenvalue weighted by Gasteiger charge is -2.43. The molecule has 224 valence electrons. The number of piperidine rings is 1. The maximum atomic E-state index is 13.4. The third kappa shape index (κ3) is 6.34. The molecule has 0 bridgehead atoms. The van der Waals surface area contributed by atoms with Crippen LogP contribution in [0.2, 0.25) is 0 Å². The van der Waals surface area contributed by atoms with E-state index in [9.17, 15) is 24.8 Å². The molecule has 0 spiro atoms. The van der Waals surface area contributed by atoms with Gasteiger partial charge in [-0.05, 0) is 48.9 Å². The number of hydrogen-bond acceptors (Lipinski definition) is 7. The van der Waals surface area contributed by atoms with Crippen molar-refractivity contribution in [3.8, 4) is 0 Å². The molecule has 42 heavy (non-hydrogen) atoms. The molecule has 0 unspecified atom stereocenters. The van der Waals surface area contributed by atoms with Crippen LogP contribution in [0.5, 0.6) is 0 Å². The molecule has 0 aromatic heterocycles. The van der Waals surface area contributed by atoms with Crippen LogP contribution in [0.4, 0.5) is 10.5 Å². The SMILES string of the molecule is C=CCN(C(=O)OCc1ccc([N+](=O)[O-])cc1)C1CCN([C@H]2CN(C(=O)C3CCCC3)C[C@]2(O)c2ccccc2)CC1. The summed E-state index contributed by atoms with van der Waals surface area (Å²) >= 11 is 0. The Bertz CT molecular complexity index is 1260.